The largest absolute Gasteiger partial charge is 0.352 e. The van der Waals surface area contributed by atoms with Gasteiger partial charge < -0.3 is 14.3 Å². The van der Waals surface area contributed by atoms with E-state index in [1.165, 1.54) is 0 Å². The molecule has 1 aromatic rings. The molecule has 14 heavy (non-hydrogen) atoms. The number of ether oxygens (including phenoxy) is 2. The molecule has 0 amide bonds. The molecule has 0 radical (unpaired) electrons. The molecule has 0 aliphatic carbocycles. The quantitative estimate of drug-likeness (QED) is 0.529. The summed E-state index contributed by atoms with van der Waals surface area (Å²) >= 11 is 0. The van der Waals surface area contributed by atoms with Crippen LogP contribution in [0.4, 0.5) is 0 Å². The number of carbonyl (C=O) groups excluding carboxylic acids is 1. The van der Waals surface area contributed by atoms with Gasteiger partial charge in [0.2, 0.25) is 0 Å². The first-order valence-electron chi connectivity index (χ1n) is 4.40. The van der Waals surface area contributed by atoms with E-state index in [1.807, 2.05) is 24.3 Å². The normalized spacial score (nSPS) is 10.5. The summed E-state index contributed by atoms with van der Waals surface area (Å²) in [5.74, 6) is 0. The average Bonchev–Trinajstić information content (AvgIpc) is 2.23. The van der Waals surface area contributed by atoms with Gasteiger partial charge in [-0.15, -0.1) is 0 Å². The summed E-state index contributed by atoms with van der Waals surface area (Å²) < 4.78 is 10.3. The second-order valence-electron chi connectivity index (χ2n) is 2.87. The Balaban J connectivity index is 2.98. The molecule has 0 unspecified atom stereocenters. The van der Waals surface area contributed by atoms with Gasteiger partial charge in [0.1, 0.15) is 6.29 Å². The van der Waals surface area contributed by atoms with Crippen molar-refractivity contribution in [1.29, 1.82) is 0 Å². The van der Waals surface area contributed by atoms with E-state index < -0.39 is 6.29 Å². The number of hydrogen-bond acceptors (Lipinski definition) is 3. The zero-order valence-corrected chi connectivity index (χ0v) is 8.40. The molecular weight excluding hydrogens is 180 g/mol. The van der Waals surface area contributed by atoms with Crippen LogP contribution in [-0.2, 0) is 20.7 Å². The minimum Gasteiger partial charge on any atom is -0.352 e. The van der Waals surface area contributed by atoms with Crippen LogP contribution in [0.25, 0.3) is 0 Å². The minimum atomic E-state index is -0.397. The summed E-state index contributed by atoms with van der Waals surface area (Å²) in [6, 6.07) is 7.59. The molecule has 76 valence electrons. The topological polar surface area (TPSA) is 35.5 Å². The Labute approximate surface area is 83.6 Å². The van der Waals surface area contributed by atoms with Crippen molar-refractivity contribution in [3.63, 3.8) is 0 Å². The van der Waals surface area contributed by atoms with E-state index in [0.717, 1.165) is 17.4 Å². The molecule has 1 rings (SSSR count). The van der Waals surface area contributed by atoms with Gasteiger partial charge in [0.15, 0.2) is 6.29 Å². The second kappa shape index (κ2) is 5.52. The molecule has 3 nitrogen and oxygen atoms in total. The van der Waals surface area contributed by atoms with Crippen molar-refractivity contribution in [1.82, 2.24) is 0 Å². The van der Waals surface area contributed by atoms with Crippen LogP contribution < -0.4 is 0 Å². The van der Waals surface area contributed by atoms with Crippen LogP contribution in [0, 0.1) is 0 Å². The zero-order chi connectivity index (χ0) is 10.4. The summed E-state index contributed by atoms with van der Waals surface area (Å²) in [7, 11) is 3.15. The van der Waals surface area contributed by atoms with E-state index in [9.17, 15) is 4.79 Å². The molecule has 0 aromatic heterocycles. The van der Waals surface area contributed by atoms with Crippen LogP contribution in [0.2, 0.25) is 0 Å². The van der Waals surface area contributed by atoms with Crippen molar-refractivity contribution in [3.05, 3.63) is 35.4 Å². The molecule has 0 spiro atoms. The molecule has 0 atom stereocenters. The fourth-order valence-corrected chi connectivity index (χ4v) is 1.39. The highest BCUT2D eigenvalue weighted by molar-refractivity contribution is 5.56. The molecule has 0 saturated heterocycles. The van der Waals surface area contributed by atoms with Crippen LogP contribution in [0.15, 0.2) is 24.3 Å². The van der Waals surface area contributed by atoms with Gasteiger partial charge in [-0.05, 0) is 5.56 Å². The minimum absolute atomic E-state index is 0.388. The number of rotatable bonds is 5. The molecule has 3 heteroatoms. The van der Waals surface area contributed by atoms with Crippen LogP contribution in [0.1, 0.15) is 17.4 Å². The predicted molar refractivity (Wildman–Crippen MR) is 53.0 cm³/mol. The fraction of sp³-hybridized carbons (Fsp3) is 0.364. The molecule has 0 aliphatic rings. The first-order valence-corrected chi connectivity index (χ1v) is 4.40. The maximum absolute atomic E-state index is 10.4. The van der Waals surface area contributed by atoms with E-state index >= 15 is 0 Å². The van der Waals surface area contributed by atoms with Gasteiger partial charge in [-0.2, -0.15) is 0 Å². The van der Waals surface area contributed by atoms with E-state index in [-0.39, 0.29) is 0 Å². The summed E-state index contributed by atoms with van der Waals surface area (Å²) in [4.78, 5) is 10.4. The number of methoxy groups -OCH3 is 2. The summed E-state index contributed by atoms with van der Waals surface area (Å²) in [5, 5.41) is 0. The number of hydrogen-bond donors (Lipinski definition) is 0. The molecule has 0 aliphatic heterocycles. The van der Waals surface area contributed by atoms with Crippen LogP contribution in [0.5, 0.6) is 0 Å². The SMILES string of the molecule is COC(OC)c1ccccc1CC=O. The zero-order valence-electron chi connectivity index (χ0n) is 8.40. The number of aldehydes is 1. The van der Waals surface area contributed by atoms with Crippen LogP contribution in [0.3, 0.4) is 0 Å². The molecule has 0 heterocycles. The lowest BCUT2D eigenvalue weighted by atomic mass is 10.0. The van der Waals surface area contributed by atoms with Crippen molar-refractivity contribution >= 4 is 6.29 Å². The highest BCUT2D eigenvalue weighted by Gasteiger charge is 2.12. The first kappa shape index (κ1) is 10.9. The Kier molecular flexibility index (Phi) is 4.29. The molecule has 0 N–H and O–H groups in total. The Hall–Kier alpha value is -1.19. The summed E-state index contributed by atoms with van der Waals surface area (Å²) in [5.41, 5.74) is 1.85. The van der Waals surface area contributed by atoms with Gasteiger partial charge in [0, 0.05) is 26.2 Å². The van der Waals surface area contributed by atoms with Gasteiger partial charge in [0.05, 0.1) is 0 Å². The monoisotopic (exact) mass is 194 g/mol. The molecule has 0 fully saturated rings. The van der Waals surface area contributed by atoms with Gasteiger partial charge in [0.25, 0.3) is 0 Å². The average molecular weight is 194 g/mol. The van der Waals surface area contributed by atoms with Crippen molar-refractivity contribution in [2.24, 2.45) is 0 Å². The van der Waals surface area contributed by atoms with E-state index in [0.29, 0.717) is 6.42 Å². The third-order valence-electron chi connectivity index (χ3n) is 2.04. The Morgan fingerprint density at radius 3 is 2.50 bits per heavy atom. The molecular formula is C11H14O3. The first-order chi connectivity index (χ1) is 6.83. The van der Waals surface area contributed by atoms with E-state index in [1.54, 1.807) is 14.2 Å². The summed E-state index contributed by atoms with van der Waals surface area (Å²) in [6.07, 6.45) is 0.867. The molecule has 0 bridgehead atoms. The smallest absolute Gasteiger partial charge is 0.183 e. The lowest BCUT2D eigenvalue weighted by Gasteiger charge is -2.16. The Morgan fingerprint density at radius 1 is 1.29 bits per heavy atom. The Bertz CT molecular complexity index is 292. The fourth-order valence-electron chi connectivity index (χ4n) is 1.39. The highest BCUT2D eigenvalue weighted by Crippen LogP contribution is 2.21. The third kappa shape index (κ3) is 2.40. The highest BCUT2D eigenvalue weighted by atomic mass is 16.7. The Morgan fingerprint density at radius 2 is 1.93 bits per heavy atom. The van der Waals surface area contributed by atoms with Gasteiger partial charge >= 0.3 is 0 Å². The second-order valence-corrected chi connectivity index (χ2v) is 2.87. The van der Waals surface area contributed by atoms with Crippen molar-refractivity contribution in [2.75, 3.05) is 14.2 Å². The van der Waals surface area contributed by atoms with Gasteiger partial charge in [-0.1, -0.05) is 24.3 Å². The molecule has 0 saturated carbocycles. The lowest BCUT2D eigenvalue weighted by Crippen LogP contribution is -2.07. The van der Waals surface area contributed by atoms with Crippen LogP contribution in [-0.4, -0.2) is 20.5 Å². The van der Waals surface area contributed by atoms with Gasteiger partial charge in [-0.25, -0.2) is 0 Å². The van der Waals surface area contributed by atoms with Crippen molar-refractivity contribution in [2.45, 2.75) is 12.7 Å². The predicted octanol–water partition coefficient (Wildman–Crippen LogP) is 1.72. The summed E-state index contributed by atoms with van der Waals surface area (Å²) in [6.45, 7) is 0. The van der Waals surface area contributed by atoms with Crippen molar-refractivity contribution < 1.29 is 14.3 Å². The molecule has 1 aromatic carbocycles. The maximum Gasteiger partial charge on any atom is 0.183 e. The van der Waals surface area contributed by atoms with E-state index in [4.69, 9.17) is 9.47 Å². The van der Waals surface area contributed by atoms with E-state index in [2.05, 4.69) is 0 Å². The third-order valence-corrected chi connectivity index (χ3v) is 2.04. The number of benzene rings is 1. The number of carbonyl (C=O) groups is 1. The van der Waals surface area contributed by atoms with Crippen LogP contribution >= 0.6 is 0 Å². The van der Waals surface area contributed by atoms with Crippen molar-refractivity contribution in [3.8, 4) is 0 Å². The standard InChI is InChI=1S/C11H14O3/c1-13-11(14-2)10-6-4-3-5-9(10)7-8-12/h3-6,8,11H,7H2,1-2H3. The van der Waals surface area contributed by atoms with Gasteiger partial charge in [-0.3, -0.25) is 0 Å². The lowest BCUT2D eigenvalue weighted by molar-refractivity contribution is -0.108. The maximum atomic E-state index is 10.4.